The van der Waals surface area contributed by atoms with Crippen molar-refractivity contribution in [2.75, 3.05) is 6.54 Å². The minimum atomic E-state index is -4.93. The van der Waals surface area contributed by atoms with Gasteiger partial charge in [0.15, 0.2) is 0 Å². The first kappa shape index (κ1) is 97.9. The van der Waals surface area contributed by atoms with E-state index in [1.165, 1.54) is 28.8 Å². The Hall–Kier alpha value is -18.7. The molecular formula is C107H91N22O15S-. The smallest absolute Gasteiger partial charge is 0.262 e. The van der Waals surface area contributed by atoms with E-state index in [1.54, 1.807) is 245 Å². The van der Waals surface area contributed by atoms with Gasteiger partial charge >= 0.3 is 0 Å². The van der Waals surface area contributed by atoms with Crippen LogP contribution < -0.4 is 37.5 Å². The Kier molecular flexibility index (Phi) is 30.4. The quantitative estimate of drug-likeness (QED) is 0.00673. The number of para-hydroxylation sites is 6. The van der Waals surface area contributed by atoms with Crippen molar-refractivity contribution < 1.29 is 42.7 Å². The van der Waals surface area contributed by atoms with E-state index in [0.717, 1.165) is 61.8 Å². The summed E-state index contributed by atoms with van der Waals surface area (Å²) < 4.78 is 50.5. The number of nitriles is 1. The SMILES string of the molecule is N#CCn1c(-c2ccc(O)cc2)nc2ccccc2c1=O.O=c1c2ccccc2nc(-c2ccc(O)cc2)n1CCCCCn1nncc1Cn1c(-c2ccc(O)cc2)nc2ccccc2c1=O.O=c1c2ccccc2nc(-c2ccc(OS(=O)(=O)[O-])cc2)n1CCCCCn1nncc1Cn1c(-c2ccc(O)cc2)nc2ccccc2c1=O.[N-]=[N+]=NCCCCCn1c(-c2ccc(O)cc2)nc2ccccc2c1=O. The van der Waals surface area contributed by atoms with Crippen molar-refractivity contribution in [2.24, 2.45) is 5.11 Å². The maximum Gasteiger partial charge on any atom is 0.262 e. The van der Waals surface area contributed by atoms with Gasteiger partial charge in [0.25, 0.3) is 43.8 Å². The Morgan fingerprint density at radius 3 is 0.841 bits per heavy atom. The van der Waals surface area contributed by atoms with Gasteiger partial charge < -0.3 is 34.3 Å². The van der Waals surface area contributed by atoms with E-state index in [0.29, 0.717) is 180 Å². The van der Waals surface area contributed by atoms with Crippen LogP contribution in [0.15, 0.2) is 337 Å². The predicted molar refractivity (Wildman–Crippen MR) is 547 cm³/mol. The molecule has 5 N–H and O–H groups in total. The number of rotatable bonds is 31. The van der Waals surface area contributed by atoms with Crippen molar-refractivity contribution in [3.63, 3.8) is 0 Å². The van der Waals surface area contributed by atoms with Crippen LogP contribution in [-0.2, 0) is 62.8 Å². The Morgan fingerprint density at radius 2 is 0.566 bits per heavy atom. The molecule has 0 spiro atoms. The second kappa shape index (κ2) is 45.0. The van der Waals surface area contributed by atoms with E-state index in [1.807, 2.05) is 72.8 Å². The number of azide groups is 1. The number of fused-ring (bicyclic) bond motifs is 6. The molecule has 726 valence electrons. The first-order chi connectivity index (χ1) is 70.5. The maximum absolute atomic E-state index is 13.7. The fourth-order valence-corrected chi connectivity index (χ4v) is 17.2. The van der Waals surface area contributed by atoms with Crippen molar-refractivity contribution in [2.45, 2.75) is 110 Å². The average molecular weight is 1960 g/mol. The molecule has 0 bridgehead atoms. The molecular weight excluding hydrogens is 1870 g/mol. The summed E-state index contributed by atoms with van der Waals surface area (Å²) in [6, 6.07) is 83.7. The monoisotopic (exact) mass is 1960 g/mol. The highest BCUT2D eigenvalue weighted by Crippen LogP contribution is 2.31. The molecule has 8 heterocycles. The summed E-state index contributed by atoms with van der Waals surface area (Å²) >= 11 is 0. The molecule has 38 heteroatoms. The van der Waals surface area contributed by atoms with Gasteiger partial charge in [0.05, 0.1) is 108 Å². The van der Waals surface area contributed by atoms with Crippen LogP contribution in [0.25, 0.3) is 144 Å². The van der Waals surface area contributed by atoms with Crippen LogP contribution in [0, 0.1) is 11.3 Å². The molecule has 20 aromatic rings. The zero-order valence-electron chi connectivity index (χ0n) is 77.7. The molecule has 0 unspecified atom stereocenters. The first-order valence-electron chi connectivity index (χ1n) is 46.3. The van der Waals surface area contributed by atoms with E-state index in [9.17, 15) is 67.3 Å². The molecule has 0 saturated heterocycles. The number of hydrogen-bond donors (Lipinski definition) is 5. The lowest BCUT2D eigenvalue weighted by Gasteiger charge is -2.15. The second-order valence-corrected chi connectivity index (χ2v) is 34.7. The van der Waals surface area contributed by atoms with E-state index in [-0.39, 0.29) is 87.5 Å². The number of unbranched alkanes of at least 4 members (excludes halogenated alkanes) is 6. The van der Waals surface area contributed by atoms with Crippen molar-refractivity contribution in [1.82, 2.24) is 87.3 Å². The Morgan fingerprint density at radius 1 is 0.324 bits per heavy atom. The van der Waals surface area contributed by atoms with Crippen LogP contribution in [0.4, 0.5) is 0 Å². The van der Waals surface area contributed by atoms with Crippen molar-refractivity contribution >= 4 is 75.8 Å². The summed E-state index contributed by atoms with van der Waals surface area (Å²) in [6.07, 6.45) is 10.1. The molecule has 0 radical (unpaired) electrons. The van der Waals surface area contributed by atoms with E-state index in [4.69, 9.17) is 30.7 Å². The third-order valence-electron chi connectivity index (χ3n) is 24.1. The van der Waals surface area contributed by atoms with Crippen LogP contribution in [0.3, 0.4) is 0 Å². The number of phenolic OH excluding ortho intramolecular Hbond substituents is 5. The molecule has 0 aliphatic rings. The molecule has 0 aliphatic carbocycles. The number of aromatic hydroxyl groups is 5. The summed E-state index contributed by atoms with van der Waals surface area (Å²) in [5.74, 6) is 3.44. The summed E-state index contributed by atoms with van der Waals surface area (Å²) in [4.78, 5) is 111. The molecule has 0 atom stereocenters. The predicted octanol–water partition coefficient (Wildman–Crippen LogP) is 16.4. The number of aryl methyl sites for hydroxylation is 2. The second-order valence-electron chi connectivity index (χ2n) is 33.7. The van der Waals surface area contributed by atoms with Crippen LogP contribution >= 0.6 is 0 Å². The van der Waals surface area contributed by atoms with Gasteiger partial charge in [0, 0.05) is 77.6 Å². The van der Waals surface area contributed by atoms with Gasteiger partial charge in [0.2, 0.25) is 0 Å². The molecule has 145 heavy (non-hydrogen) atoms. The van der Waals surface area contributed by atoms with Gasteiger partial charge in [-0.15, -0.1) is 10.2 Å². The highest BCUT2D eigenvalue weighted by molar-refractivity contribution is 7.81. The number of aromatic nitrogens is 18. The number of benzene rings is 12. The molecule has 0 amide bonds. The molecule has 20 rings (SSSR count). The minimum absolute atomic E-state index is 0.0753. The third-order valence-corrected chi connectivity index (χ3v) is 24.5. The largest absolute Gasteiger partial charge is 0.716 e. The normalized spacial score (nSPS) is 11.2. The van der Waals surface area contributed by atoms with Gasteiger partial charge in [-0.3, -0.25) is 56.2 Å². The van der Waals surface area contributed by atoms with Crippen molar-refractivity contribution in [3.05, 3.63) is 388 Å². The van der Waals surface area contributed by atoms with Crippen molar-refractivity contribution in [3.8, 4) is 109 Å². The van der Waals surface area contributed by atoms with Gasteiger partial charge in [-0.05, 0) is 275 Å². The maximum atomic E-state index is 13.7. The van der Waals surface area contributed by atoms with E-state index in [2.05, 4.69) is 44.8 Å². The minimum Gasteiger partial charge on any atom is -0.716 e. The lowest BCUT2D eigenvalue weighted by atomic mass is 10.1. The fourth-order valence-electron chi connectivity index (χ4n) is 16.9. The Balaban J connectivity index is 0.000000140. The highest BCUT2D eigenvalue weighted by Gasteiger charge is 2.23. The van der Waals surface area contributed by atoms with Crippen LogP contribution in [0.5, 0.6) is 34.5 Å². The zero-order valence-corrected chi connectivity index (χ0v) is 78.5. The Labute approximate surface area is 824 Å². The number of hydrogen-bond acceptors (Lipinski definition) is 27. The van der Waals surface area contributed by atoms with Gasteiger partial charge in [0.1, 0.15) is 76.0 Å². The van der Waals surface area contributed by atoms with Crippen LogP contribution in [0.1, 0.15) is 69.2 Å². The van der Waals surface area contributed by atoms with Crippen LogP contribution in [0.2, 0.25) is 0 Å². The van der Waals surface area contributed by atoms with E-state index >= 15 is 0 Å². The summed E-state index contributed by atoms with van der Waals surface area (Å²) in [5, 5.41) is 80.7. The van der Waals surface area contributed by atoms with E-state index < -0.39 is 10.4 Å². The first-order valence-corrected chi connectivity index (χ1v) is 47.7. The van der Waals surface area contributed by atoms with Gasteiger partial charge in [-0.25, -0.2) is 47.7 Å². The Bertz CT molecular complexity index is 8770. The average Bonchev–Trinajstić information content (AvgIpc) is 1.75. The summed E-state index contributed by atoms with van der Waals surface area (Å²) in [6.45, 7) is 3.24. The highest BCUT2D eigenvalue weighted by atomic mass is 32.3. The van der Waals surface area contributed by atoms with Crippen molar-refractivity contribution in [1.29, 1.82) is 5.26 Å². The zero-order chi connectivity index (χ0) is 101. The molecule has 37 nitrogen and oxygen atoms in total. The lowest BCUT2D eigenvalue weighted by molar-refractivity contribution is 0.372. The standard InChI is InChI=1S/C36H31N7O7S.C36H31N7O4.C19H19N5O2.C16H11N3O2/c44-27-16-12-24(13-17-27)34-39-32-11-5-3-9-30(32)36(46)42(34)23-26-22-37-40-43(26)21-7-1-6-20-41-33(38-31-10-4-2-8-29(31)35(41)45)25-14-18-28(19-15-25)50-51(47,48)49;44-27-16-12-24(13-17-27)33-38-31-10-4-2-8-29(31)35(46)41(33)20-6-1-7-21-43-26(22-37-40-43)23-42-34(25-14-18-28(45)19-15-25)39-32-11-5-3-9-30(32)36(42)47;20-23-21-12-4-1-5-13-24-18(14-8-10-15(25)11-9-14)22-17-7-3-2-6-16(17)19(24)26;17-9-10-19-15(11-5-7-12(20)8-6-11)18-14-4-2-1-3-13(14)16(19)21/h2-5,8-19,22,44H,1,6-7,20-21,23H2,(H,47,48,49);2-5,8-19,22,44-45H,1,6-7,20-21,23H2;2-3,6-11,25H,1,4-5,12-13H2;1-8,20H,10H2/p-1. The lowest BCUT2D eigenvalue weighted by Crippen LogP contribution is -2.25. The fraction of sp³-hybridized carbons (Fsp3) is 0.168. The van der Waals surface area contributed by atoms with Gasteiger partial charge in [-0.2, -0.15) is 5.26 Å². The third kappa shape index (κ3) is 23.1. The molecule has 0 aliphatic heterocycles. The number of nitrogens with zero attached hydrogens (tertiary/aromatic N) is 22. The van der Waals surface area contributed by atoms with Gasteiger partial charge in [-0.1, -0.05) is 94.8 Å². The van der Waals surface area contributed by atoms with Crippen LogP contribution in [-0.4, -0.2) is 132 Å². The number of phenols is 5. The molecule has 12 aromatic carbocycles. The molecule has 0 fully saturated rings. The summed E-state index contributed by atoms with van der Waals surface area (Å²) in [5.41, 5.74) is 16.4. The molecule has 8 aromatic heterocycles. The molecule has 0 saturated carbocycles. The topological polar surface area (TPSA) is 511 Å². The summed E-state index contributed by atoms with van der Waals surface area (Å²) in [7, 11) is -4.93.